The van der Waals surface area contributed by atoms with E-state index in [1.54, 1.807) is 6.20 Å². The number of aromatic nitrogens is 1. The largest absolute Gasteiger partial charge is 0.370 e. The molecule has 1 fully saturated rings. The summed E-state index contributed by atoms with van der Waals surface area (Å²) in [5.41, 5.74) is 0. The van der Waals surface area contributed by atoms with Crippen LogP contribution < -0.4 is 4.90 Å². The van der Waals surface area contributed by atoms with Crippen LogP contribution in [0.25, 0.3) is 0 Å². The summed E-state index contributed by atoms with van der Waals surface area (Å²) in [4.78, 5) is 6.43. The lowest BCUT2D eigenvalue weighted by Crippen LogP contribution is -2.47. The number of nitrogens with zero attached hydrogens (tertiary/aromatic N) is 2. The maximum atomic E-state index is 6.12. The topological polar surface area (TPSA) is 25.4 Å². The van der Waals surface area contributed by atoms with Gasteiger partial charge in [0.05, 0.1) is 23.1 Å². The third kappa shape index (κ3) is 2.59. The number of morpholine rings is 1. The van der Waals surface area contributed by atoms with Gasteiger partial charge in [-0.2, -0.15) is 0 Å². The Labute approximate surface area is 105 Å². The minimum atomic E-state index is 0.0449. The minimum Gasteiger partial charge on any atom is -0.370 e. The molecule has 1 saturated heterocycles. The van der Waals surface area contributed by atoms with E-state index in [2.05, 4.69) is 9.88 Å². The Morgan fingerprint density at radius 3 is 3.06 bits per heavy atom. The van der Waals surface area contributed by atoms with Crippen molar-refractivity contribution in [1.82, 2.24) is 4.98 Å². The molecule has 1 aliphatic rings. The summed E-state index contributed by atoms with van der Waals surface area (Å²) in [5, 5.41) is 0.671. The highest BCUT2D eigenvalue weighted by Gasteiger charge is 2.26. The lowest BCUT2D eigenvalue weighted by atomic mass is 10.2. The number of alkyl halides is 1. The number of halogens is 2. The SMILES string of the molecule is CC1CN(c2ncccc2Cl)CC(CCl)O1. The third-order valence-electron chi connectivity index (χ3n) is 2.54. The Kier molecular flexibility index (Phi) is 3.90. The van der Waals surface area contributed by atoms with Crippen LogP contribution in [0.2, 0.25) is 5.02 Å². The van der Waals surface area contributed by atoms with E-state index < -0.39 is 0 Å². The molecule has 2 heterocycles. The molecule has 0 amide bonds. The van der Waals surface area contributed by atoms with Crippen LogP contribution in [0.1, 0.15) is 6.92 Å². The van der Waals surface area contributed by atoms with E-state index in [0.717, 1.165) is 18.9 Å². The van der Waals surface area contributed by atoms with Crippen molar-refractivity contribution in [2.45, 2.75) is 19.1 Å². The van der Waals surface area contributed by atoms with Crippen molar-refractivity contribution < 1.29 is 4.74 Å². The van der Waals surface area contributed by atoms with Crippen molar-refractivity contribution in [3.8, 4) is 0 Å². The van der Waals surface area contributed by atoms with Gasteiger partial charge in [0.2, 0.25) is 0 Å². The van der Waals surface area contributed by atoms with E-state index in [0.29, 0.717) is 10.9 Å². The van der Waals surface area contributed by atoms with Crippen molar-refractivity contribution in [2.24, 2.45) is 0 Å². The lowest BCUT2D eigenvalue weighted by Gasteiger charge is -2.37. The highest BCUT2D eigenvalue weighted by molar-refractivity contribution is 6.32. The van der Waals surface area contributed by atoms with Crippen molar-refractivity contribution in [3.05, 3.63) is 23.4 Å². The smallest absolute Gasteiger partial charge is 0.147 e. The molecule has 88 valence electrons. The van der Waals surface area contributed by atoms with Crippen LogP contribution in [0.15, 0.2) is 18.3 Å². The van der Waals surface area contributed by atoms with E-state index in [-0.39, 0.29) is 12.2 Å². The maximum absolute atomic E-state index is 6.12. The van der Waals surface area contributed by atoms with E-state index in [1.807, 2.05) is 19.1 Å². The van der Waals surface area contributed by atoms with Crippen LogP contribution in [0.3, 0.4) is 0 Å². The number of ether oxygens (including phenoxy) is 1. The summed E-state index contributed by atoms with van der Waals surface area (Å²) >= 11 is 12.0. The molecule has 0 aromatic carbocycles. The second kappa shape index (κ2) is 5.21. The van der Waals surface area contributed by atoms with Crippen molar-refractivity contribution >= 4 is 29.0 Å². The molecule has 0 radical (unpaired) electrons. The molecular weight excluding hydrogens is 247 g/mol. The summed E-state index contributed by atoms with van der Waals surface area (Å²) in [6, 6.07) is 3.68. The Balaban J connectivity index is 2.17. The molecule has 0 saturated carbocycles. The van der Waals surface area contributed by atoms with E-state index >= 15 is 0 Å². The molecule has 0 spiro atoms. The van der Waals surface area contributed by atoms with Crippen molar-refractivity contribution in [1.29, 1.82) is 0 Å². The van der Waals surface area contributed by atoms with Gasteiger partial charge in [-0.25, -0.2) is 4.98 Å². The Morgan fingerprint density at radius 1 is 1.56 bits per heavy atom. The Morgan fingerprint density at radius 2 is 2.38 bits per heavy atom. The van der Waals surface area contributed by atoms with E-state index in [1.165, 1.54) is 0 Å². The fourth-order valence-electron chi connectivity index (χ4n) is 1.91. The average Bonchev–Trinajstić information content (AvgIpc) is 2.28. The maximum Gasteiger partial charge on any atom is 0.147 e. The zero-order chi connectivity index (χ0) is 11.5. The molecule has 1 aromatic rings. The van der Waals surface area contributed by atoms with Crippen molar-refractivity contribution in [3.63, 3.8) is 0 Å². The number of hydrogen-bond acceptors (Lipinski definition) is 3. The average molecular weight is 261 g/mol. The molecule has 0 bridgehead atoms. The van der Waals surface area contributed by atoms with Crippen LogP contribution in [-0.2, 0) is 4.74 Å². The summed E-state index contributed by atoms with van der Waals surface area (Å²) in [5.74, 6) is 1.31. The summed E-state index contributed by atoms with van der Waals surface area (Å²) in [7, 11) is 0. The fraction of sp³-hybridized carbons (Fsp3) is 0.545. The highest BCUT2D eigenvalue weighted by atomic mass is 35.5. The molecule has 2 rings (SSSR count). The zero-order valence-electron chi connectivity index (χ0n) is 9.07. The van der Waals surface area contributed by atoms with Crippen LogP contribution in [0.4, 0.5) is 5.82 Å². The van der Waals surface area contributed by atoms with Gasteiger partial charge in [0, 0.05) is 19.3 Å². The van der Waals surface area contributed by atoms with Crippen LogP contribution >= 0.6 is 23.2 Å². The molecular formula is C11H14Cl2N2O. The second-order valence-corrected chi connectivity index (χ2v) is 4.65. The molecule has 0 aliphatic carbocycles. The van der Waals surface area contributed by atoms with Gasteiger partial charge < -0.3 is 9.64 Å². The lowest BCUT2D eigenvalue weighted by molar-refractivity contribution is -0.00356. The molecule has 3 nitrogen and oxygen atoms in total. The number of hydrogen-bond donors (Lipinski definition) is 0. The van der Waals surface area contributed by atoms with Gasteiger partial charge in [-0.15, -0.1) is 11.6 Å². The quantitative estimate of drug-likeness (QED) is 0.765. The first-order valence-corrected chi connectivity index (χ1v) is 6.19. The molecule has 5 heteroatoms. The predicted octanol–water partition coefficient (Wildman–Crippen LogP) is 2.57. The predicted molar refractivity (Wildman–Crippen MR) is 66.5 cm³/mol. The molecule has 0 N–H and O–H groups in total. The molecule has 2 unspecified atom stereocenters. The summed E-state index contributed by atoms with van der Waals surface area (Å²) < 4.78 is 5.68. The van der Waals surface area contributed by atoms with Gasteiger partial charge in [0.1, 0.15) is 5.82 Å². The van der Waals surface area contributed by atoms with Crippen LogP contribution in [0, 0.1) is 0 Å². The first-order chi connectivity index (χ1) is 7.70. The first kappa shape index (κ1) is 12.0. The monoisotopic (exact) mass is 260 g/mol. The number of pyridine rings is 1. The van der Waals surface area contributed by atoms with Gasteiger partial charge in [0.25, 0.3) is 0 Å². The van der Waals surface area contributed by atoms with Gasteiger partial charge in [0.15, 0.2) is 0 Å². The Bertz CT molecular complexity index is 362. The third-order valence-corrected chi connectivity index (χ3v) is 3.18. The summed E-state index contributed by atoms with van der Waals surface area (Å²) in [6.45, 7) is 3.57. The van der Waals surface area contributed by atoms with E-state index in [4.69, 9.17) is 27.9 Å². The zero-order valence-corrected chi connectivity index (χ0v) is 10.6. The molecule has 16 heavy (non-hydrogen) atoms. The Hall–Kier alpha value is -0.510. The standard InChI is InChI=1S/C11H14Cl2N2O/c1-8-6-15(7-9(5-12)16-8)11-10(13)3-2-4-14-11/h2-4,8-9H,5-7H2,1H3. The van der Waals surface area contributed by atoms with E-state index in [9.17, 15) is 0 Å². The minimum absolute atomic E-state index is 0.0449. The number of anilines is 1. The highest BCUT2D eigenvalue weighted by Crippen LogP contribution is 2.25. The molecule has 1 aliphatic heterocycles. The number of rotatable bonds is 2. The second-order valence-electron chi connectivity index (χ2n) is 3.94. The van der Waals surface area contributed by atoms with Gasteiger partial charge in [-0.05, 0) is 19.1 Å². The molecule has 2 atom stereocenters. The van der Waals surface area contributed by atoms with Crippen LogP contribution in [0.5, 0.6) is 0 Å². The van der Waals surface area contributed by atoms with Gasteiger partial charge in [-0.1, -0.05) is 11.6 Å². The van der Waals surface area contributed by atoms with Gasteiger partial charge >= 0.3 is 0 Å². The van der Waals surface area contributed by atoms with Crippen molar-refractivity contribution in [2.75, 3.05) is 23.9 Å². The molecule has 1 aromatic heterocycles. The first-order valence-electron chi connectivity index (χ1n) is 5.27. The van der Waals surface area contributed by atoms with Crippen LogP contribution in [-0.4, -0.2) is 36.2 Å². The normalized spacial score (nSPS) is 25.8. The summed E-state index contributed by atoms with van der Waals surface area (Å²) in [6.07, 6.45) is 1.94. The van der Waals surface area contributed by atoms with Gasteiger partial charge in [-0.3, -0.25) is 0 Å². The fourth-order valence-corrected chi connectivity index (χ4v) is 2.32.